The zero-order valence-electron chi connectivity index (χ0n) is 9.27. The summed E-state index contributed by atoms with van der Waals surface area (Å²) in [6.45, 7) is 1.80. The van der Waals surface area contributed by atoms with Gasteiger partial charge in [-0.1, -0.05) is 0 Å². The smallest absolute Gasteiger partial charge is 0.229 e. The van der Waals surface area contributed by atoms with Crippen LogP contribution in [0.1, 0.15) is 12.8 Å². The average molecular weight is 245 g/mol. The van der Waals surface area contributed by atoms with Crippen LogP contribution in [0.25, 0.3) is 0 Å². The van der Waals surface area contributed by atoms with Crippen LogP contribution in [0.15, 0.2) is 12.3 Å². The molecule has 1 aromatic heterocycles. The van der Waals surface area contributed by atoms with Crippen molar-refractivity contribution in [1.82, 2.24) is 15.1 Å². The number of anilines is 1. The van der Waals surface area contributed by atoms with Crippen LogP contribution in [-0.4, -0.2) is 28.8 Å². The lowest BCUT2D eigenvalue weighted by molar-refractivity contribution is -0.120. The predicted molar refractivity (Wildman–Crippen MR) is 64.7 cm³/mol. The number of nitrogens with one attached hydrogen (secondary N) is 2. The van der Waals surface area contributed by atoms with Crippen molar-refractivity contribution >= 4 is 24.1 Å². The second-order valence-electron chi connectivity index (χ2n) is 3.87. The summed E-state index contributed by atoms with van der Waals surface area (Å²) in [6.07, 6.45) is 3.72. The van der Waals surface area contributed by atoms with Crippen LogP contribution in [0.3, 0.4) is 0 Å². The van der Waals surface area contributed by atoms with Crippen molar-refractivity contribution in [3.8, 4) is 0 Å². The van der Waals surface area contributed by atoms with E-state index in [2.05, 4.69) is 15.7 Å². The highest BCUT2D eigenvalue weighted by Gasteiger charge is 2.21. The summed E-state index contributed by atoms with van der Waals surface area (Å²) >= 11 is 0. The van der Waals surface area contributed by atoms with Crippen LogP contribution in [0.2, 0.25) is 0 Å². The van der Waals surface area contributed by atoms with Crippen molar-refractivity contribution in [3.05, 3.63) is 12.3 Å². The van der Waals surface area contributed by atoms with Crippen molar-refractivity contribution < 1.29 is 4.79 Å². The molecule has 6 heteroatoms. The zero-order chi connectivity index (χ0) is 10.7. The van der Waals surface area contributed by atoms with Gasteiger partial charge in [-0.25, -0.2) is 0 Å². The molecule has 0 aliphatic carbocycles. The number of hydrogen-bond donors (Lipinski definition) is 2. The van der Waals surface area contributed by atoms with Crippen molar-refractivity contribution in [1.29, 1.82) is 0 Å². The third-order valence-electron chi connectivity index (χ3n) is 2.74. The van der Waals surface area contributed by atoms with Crippen molar-refractivity contribution in [2.75, 3.05) is 18.4 Å². The molecule has 0 saturated carbocycles. The lowest BCUT2D eigenvalue weighted by Crippen LogP contribution is -2.37. The summed E-state index contributed by atoms with van der Waals surface area (Å²) in [5, 5.41) is 10.1. The Balaban J connectivity index is 0.00000128. The summed E-state index contributed by atoms with van der Waals surface area (Å²) in [5.41, 5.74) is 0. The van der Waals surface area contributed by atoms with E-state index in [1.165, 1.54) is 0 Å². The van der Waals surface area contributed by atoms with Gasteiger partial charge in [-0.05, 0) is 19.4 Å². The van der Waals surface area contributed by atoms with Crippen LogP contribution in [0.4, 0.5) is 5.82 Å². The fourth-order valence-corrected chi connectivity index (χ4v) is 1.80. The first-order chi connectivity index (χ1) is 7.27. The Bertz CT molecular complexity index is 346. The van der Waals surface area contributed by atoms with Crippen LogP contribution >= 0.6 is 12.4 Å². The molecule has 0 radical (unpaired) electrons. The molecular weight excluding hydrogens is 228 g/mol. The number of rotatable bonds is 2. The van der Waals surface area contributed by atoms with E-state index in [9.17, 15) is 4.79 Å². The highest BCUT2D eigenvalue weighted by Crippen LogP contribution is 2.13. The van der Waals surface area contributed by atoms with Gasteiger partial charge in [0.2, 0.25) is 5.91 Å². The summed E-state index contributed by atoms with van der Waals surface area (Å²) in [6, 6.07) is 1.80. The van der Waals surface area contributed by atoms with Gasteiger partial charge in [-0.15, -0.1) is 12.4 Å². The van der Waals surface area contributed by atoms with Gasteiger partial charge in [0.15, 0.2) is 0 Å². The first-order valence-electron chi connectivity index (χ1n) is 5.27. The Hall–Kier alpha value is -1.07. The van der Waals surface area contributed by atoms with E-state index < -0.39 is 0 Å². The molecule has 0 spiro atoms. The number of hydrogen-bond acceptors (Lipinski definition) is 3. The van der Waals surface area contributed by atoms with E-state index in [1.807, 2.05) is 7.05 Å². The summed E-state index contributed by atoms with van der Waals surface area (Å²) in [7, 11) is 1.81. The summed E-state index contributed by atoms with van der Waals surface area (Å²) < 4.78 is 1.66. The molecule has 1 aliphatic heterocycles. The Morgan fingerprint density at radius 1 is 1.69 bits per heavy atom. The normalized spacial score (nSPS) is 19.9. The highest BCUT2D eigenvalue weighted by molar-refractivity contribution is 5.91. The van der Waals surface area contributed by atoms with Gasteiger partial charge in [0.1, 0.15) is 5.82 Å². The number of nitrogens with zero attached hydrogens (tertiary/aromatic N) is 2. The van der Waals surface area contributed by atoms with Crippen molar-refractivity contribution in [2.45, 2.75) is 12.8 Å². The molecule has 1 saturated heterocycles. The maximum absolute atomic E-state index is 11.8. The SMILES string of the molecule is Cl.Cn1nccc1NC(=O)[C@@H]1CCCNC1. The van der Waals surface area contributed by atoms with E-state index in [4.69, 9.17) is 0 Å². The summed E-state index contributed by atoms with van der Waals surface area (Å²) in [5.74, 6) is 0.935. The molecule has 1 aliphatic rings. The Kier molecular flexibility index (Phi) is 4.76. The minimum Gasteiger partial charge on any atom is -0.316 e. The minimum absolute atomic E-state index is 0. The van der Waals surface area contributed by atoms with E-state index in [1.54, 1.807) is 16.9 Å². The topological polar surface area (TPSA) is 59.0 Å². The molecule has 1 amide bonds. The zero-order valence-corrected chi connectivity index (χ0v) is 10.1. The van der Waals surface area contributed by atoms with E-state index in [-0.39, 0.29) is 24.2 Å². The Morgan fingerprint density at radius 2 is 2.50 bits per heavy atom. The molecule has 90 valence electrons. The second kappa shape index (κ2) is 5.86. The largest absolute Gasteiger partial charge is 0.316 e. The number of carbonyl (C=O) groups is 1. The van der Waals surface area contributed by atoms with E-state index >= 15 is 0 Å². The van der Waals surface area contributed by atoms with Crippen LogP contribution < -0.4 is 10.6 Å². The van der Waals surface area contributed by atoms with Crippen LogP contribution in [0, 0.1) is 5.92 Å². The monoisotopic (exact) mass is 244 g/mol. The molecule has 0 unspecified atom stereocenters. The van der Waals surface area contributed by atoms with Crippen LogP contribution in [-0.2, 0) is 11.8 Å². The first kappa shape index (κ1) is 13.0. The third kappa shape index (κ3) is 2.96. The molecule has 0 aromatic carbocycles. The van der Waals surface area contributed by atoms with Gasteiger partial charge in [0.25, 0.3) is 0 Å². The predicted octanol–water partition coefficient (Wildman–Crippen LogP) is 0.780. The quantitative estimate of drug-likeness (QED) is 0.809. The van der Waals surface area contributed by atoms with Gasteiger partial charge in [0.05, 0.1) is 12.1 Å². The molecule has 0 bridgehead atoms. The molecule has 2 N–H and O–H groups in total. The Labute approximate surface area is 101 Å². The number of carbonyl (C=O) groups excluding carboxylic acids is 1. The minimum atomic E-state index is 0. The van der Waals surface area contributed by atoms with Gasteiger partial charge in [0, 0.05) is 19.7 Å². The highest BCUT2D eigenvalue weighted by atomic mass is 35.5. The summed E-state index contributed by atoms with van der Waals surface area (Å²) in [4.78, 5) is 11.8. The molecule has 2 heterocycles. The molecule has 5 nitrogen and oxygen atoms in total. The number of amides is 1. The molecular formula is C10H17ClN4O. The lowest BCUT2D eigenvalue weighted by Gasteiger charge is -2.21. The molecule has 1 atom stereocenters. The van der Waals surface area contributed by atoms with E-state index in [0.29, 0.717) is 0 Å². The maximum Gasteiger partial charge on any atom is 0.229 e. The molecule has 1 fully saturated rings. The van der Waals surface area contributed by atoms with Crippen molar-refractivity contribution in [3.63, 3.8) is 0 Å². The standard InChI is InChI=1S/C10H16N4O.ClH/c1-14-9(4-6-12-14)13-10(15)8-3-2-5-11-7-8;/h4,6,8,11H,2-3,5,7H2,1H3,(H,13,15);1H/t8-;/m1./s1. The average Bonchev–Trinajstić information content (AvgIpc) is 2.66. The fraction of sp³-hybridized carbons (Fsp3) is 0.600. The molecule has 16 heavy (non-hydrogen) atoms. The van der Waals surface area contributed by atoms with Crippen LogP contribution in [0.5, 0.6) is 0 Å². The third-order valence-corrected chi connectivity index (χ3v) is 2.74. The lowest BCUT2D eigenvalue weighted by atomic mass is 9.99. The Morgan fingerprint density at radius 3 is 3.06 bits per heavy atom. The van der Waals surface area contributed by atoms with Gasteiger partial charge >= 0.3 is 0 Å². The molecule has 2 rings (SSSR count). The number of piperidine rings is 1. The van der Waals surface area contributed by atoms with Gasteiger partial charge < -0.3 is 10.6 Å². The van der Waals surface area contributed by atoms with Gasteiger partial charge in [-0.3, -0.25) is 9.48 Å². The maximum atomic E-state index is 11.8. The number of halogens is 1. The number of aryl methyl sites for hydroxylation is 1. The first-order valence-corrected chi connectivity index (χ1v) is 5.27. The number of aromatic nitrogens is 2. The second-order valence-corrected chi connectivity index (χ2v) is 3.87. The van der Waals surface area contributed by atoms with Gasteiger partial charge in [-0.2, -0.15) is 5.10 Å². The fourth-order valence-electron chi connectivity index (χ4n) is 1.80. The van der Waals surface area contributed by atoms with E-state index in [0.717, 1.165) is 31.7 Å². The van der Waals surface area contributed by atoms with Crippen molar-refractivity contribution in [2.24, 2.45) is 13.0 Å². The molecule has 1 aromatic rings.